The van der Waals surface area contributed by atoms with E-state index in [1.54, 1.807) is 0 Å². The molecule has 0 spiro atoms. The summed E-state index contributed by atoms with van der Waals surface area (Å²) in [5.74, 6) is -3.39. The molecule has 0 radical (unpaired) electrons. The zero-order valence-electron chi connectivity index (χ0n) is 25.8. The van der Waals surface area contributed by atoms with Gasteiger partial charge in [-0.2, -0.15) is 26.3 Å². The summed E-state index contributed by atoms with van der Waals surface area (Å²) < 4.78 is 166. The fourth-order valence-electron chi connectivity index (χ4n) is 4.68. The minimum Gasteiger partial charge on any atom is -0.406 e. The van der Waals surface area contributed by atoms with E-state index < -0.39 is 48.2 Å². The van der Waals surface area contributed by atoms with E-state index in [2.05, 4.69) is 39.8 Å². The Morgan fingerprint density at radius 2 is 1.04 bits per heavy atom. The van der Waals surface area contributed by atoms with Gasteiger partial charge in [-0.1, -0.05) is 0 Å². The molecule has 6 aromatic rings. The van der Waals surface area contributed by atoms with E-state index in [4.69, 9.17) is 4.74 Å². The number of hydrogen-bond donors (Lipinski definition) is 0. The maximum atomic E-state index is 13.0. The van der Waals surface area contributed by atoms with Crippen LogP contribution in [0.3, 0.4) is 0 Å². The monoisotopic (exact) mass is 754 g/mol. The summed E-state index contributed by atoms with van der Waals surface area (Å²) in [6, 6.07) is 6.81. The van der Waals surface area contributed by atoms with E-state index in [-0.39, 0.29) is 40.4 Å². The third kappa shape index (κ3) is 8.76. The van der Waals surface area contributed by atoms with Gasteiger partial charge in [0.2, 0.25) is 11.6 Å². The number of hydrogen-bond acceptors (Lipinski definition) is 9. The van der Waals surface area contributed by atoms with Crippen molar-refractivity contribution in [2.24, 2.45) is 0 Å². The molecule has 0 aliphatic carbocycles. The standard InChI is InChI=1S/C15H10F6N4O2.C14H8F6N4O/c1-26-7-8-4-9(27-15(19,20)21)2-3-10(8)11-6-25-12(5-22-11)23-24-13(25)14(16,17)18;1-7-4-8(25-14(18,19)20)2-3-9(7)10-6-24-11(5-21-10)22-23-12(24)13(15,16)17/h2-6H,7H2,1H3;2-6H,1H3. The Morgan fingerprint density at radius 3 is 1.46 bits per heavy atom. The molecule has 0 amide bonds. The van der Waals surface area contributed by atoms with Gasteiger partial charge in [0.05, 0.1) is 30.4 Å². The van der Waals surface area contributed by atoms with Gasteiger partial charge in [0.15, 0.2) is 11.3 Å². The second-order valence-electron chi connectivity index (χ2n) is 10.4. The molecule has 0 unspecified atom stereocenters. The van der Waals surface area contributed by atoms with E-state index in [0.29, 0.717) is 15.5 Å². The first-order valence-corrected chi connectivity index (χ1v) is 13.9. The molecule has 52 heavy (non-hydrogen) atoms. The molecule has 0 atom stereocenters. The number of fused-ring (bicyclic) bond motifs is 2. The van der Waals surface area contributed by atoms with Crippen molar-refractivity contribution < 1.29 is 66.9 Å². The number of aromatic nitrogens is 8. The molecule has 0 saturated carbocycles. The van der Waals surface area contributed by atoms with Crippen LogP contribution in [0.5, 0.6) is 11.5 Å². The summed E-state index contributed by atoms with van der Waals surface area (Å²) in [7, 11) is 1.32. The lowest BCUT2D eigenvalue weighted by atomic mass is 10.0. The van der Waals surface area contributed by atoms with Crippen molar-refractivity contribution >= 4 is 11.3 Å². The smallest absolute Gasteiger partial charge is 0.406 e. The first-order valence-electron chi connectivity index (χ1n) is 13.9. The first kappa shape index (κ1) is 37.5. The number of halogens is 12. The number of ether oxygens (including phenoxy) is 3. The van der Waals surface area contributed by atoms with Crippen LogP contribution in [0.2, 0.25) is 0 Å². The molecule has 4 aromatic heterocycles. The van der Waals surface area contributed by atoms with Crippen LogP contribution < -0.4 is 9.47 Å². The van der Waals surface area contributed by atoms with E-state index in [1.165, 1.54) is 26.2 Å². The van der Waals surface area contributed by atoms with Crippen molar-refractivity contribution in [3.05, 3.63) is 84.0 Å². The summed E-state index contributed by atoms with van der Waals surface area (Å²) in [5.41, 5.74) is 1.16. The van der Waals surface area contributed by atoms with Crippen LogP contribution in [0.25, 0.3) is 33.8 Å². The Hall–Kier alpha value is -5.74. The van der Waals surface area contributed by atoms with Gasteiger partial charge >= 0.3 is 25.1 Å². The van der Waals surface area contributed by atoms with Crippen molar-refractivity contribution in [1.29, 1.82) is 0 Å². The quantitative estimate of drug-likeness (QED) is 0.157. The van der Waals surface area contributed by atoms with Crippen LogP contribution in [-0.4, -0.2) is 59.0 Å². The van der Waals surface area contributed by atoms with Crippen molar-refractivity contribution in [3.63, 3.8) is 0 Å². The third-order valence-electron chi connectivity index (χ3n) is 6.69. The molecule has 0 aliphatic heterocycles. The van der Waals surface area contributed by atoms with Crippen molar-refractivity contribution in [2.75, 3.05) is 7.11 Å². The minimum absolute atomic E-state index is 0.0680. The number of aryl methyl sites for hydroxylation is 1. The van der Waals surface area contributed by atoms with Gasteiger partial charge < -0.3 is 14.2 Å². The molecule has 0 fully saturated rings. The molecule has 23 heteroatoms. The molecule has 0 N–H and O–H groups in total. The van der Waals surface area contributed by atoms with Crippen LogP contribution in [0.4, 0.5) is 52.7 Å². The predicted molar refractivity (Wildman–Crippen MR) is 151 cm³/mol. The molecule has 0 saturated heterocycles. The lowest BCUT2D eigenvalue weighted by Gasteiger charge is -2.13. The second-order valence-corrected chi connectivity index (χ2v) is 10.4. The highest BCUT2D eigenvalue weighted by molar-refractivity contribution is 5.66. The molecule has 276 valence electrons. The number of benzene rings is 2. The topological polar surface area (TPSA) is 114 Å². The fourth-order valence-corrected chi connectivity index (χ4v) is 4.68. The van der Waals surface area contributed by atoms with Crippen molar-refractivity contribution in [1.82, 2.24) is 39.2 Å². The van der Waals surface area contributed by atoms with Crippen molar-refractivity contribution in [3.8, 4) is 34.0 Å². The lowest BCUT2D eigenvalue weighted by molar-refractivity contribution is -0.275. The largest absolute Gasteiger partial charge is 0.573 e. The maximum Gasteiger partial charge on any atom is 0.573 e. The Balaban J connectivity index is 0.000000202. The average Bonchev–Trinajstić information content (AvgIpc) is 3.64. The van der Waals surface area contributed by atoms with Gasteiger partial charge in [0, 0.05) is 30.6 Å². The molecule has 4 heterocycles. The van der Waals surface area contributed by atoms with Gasteiger partial charge in [-0.05, 0) is 54.4 Å². The predicted octanol–water partition coefficient (Wildman–Crippen LogP) is 7.87. The van der Waals surface area contributed by atoms with Crippen LogP contribution in [0.15, 0.2) is 61.2 Å². The van der Waals surface area contributed by atoms with Gasteiger partial charge in [-0.3, -0.25) is 18.8 Å². The number of rotatable bonds is 6. The summed E-state index contributed by atoms with van der Waals surface area (Å²) >= 11 is 0. The van der Waals surface area contributed by atoms with E-state index in [1.807, 2.05) is 0 Å². The molecule has 0 aliphatic rings. The molecule has 11 nitrogen and oxygen atoms in total. The Bertz CT molecular complexity index is 2210. The van der Waals surface area contributed by atoms with E-state index in [0.717, 1.165) is 53.5 Å². The highest BCUT2D eigenvalue weighted by Crippen LogP contribution is 2.34. The maximum absolute atomic E-state index is 13.0. The average molecular weight is 754 g/mol. The van der Waals surface area contributed by atoms with Gasteiger partial charge in [-0.15, -0.1) is 46.7 Å². The van der Waals surface area contributed by atoms with Crippen LogP contribution >= 0.6 is 0 Å². The highest BCUT2D eigenvalue weighted by atomic mass is 19.4. The van der Waals surface area contributed by atoms with Gasteiger partial charge in [-0.25, -0.2) is 0 Å². The SMILES string of the molecule is COCc1cc(OC(F)(F)F)ccc1-c1cn2c(C(F)(F)F)nnc2cn1.Cc1cc(OC(F)(F)F)ccc1-c1cn2c(C(F)(F)F)nnc2cn1. The normalized spacial score (nSPS) is 12.6. The number of alkyl halides is 12. The van der Waals surface area contributed by atoms with E-state index in [9.17, 15) is 52.7 Å². The Labute approximate surface area is 281 Å². The molecule has 2 aromatic carbocycles. The highest BCUT2D eigenvalue weighted by Gasteiger charge is 2.38. The van der Waals surface area contributed by atoms with Crippen LogP contribution in [-0.2, 0) is 23.7 Å². The van der Waals surface area contributed by atoms with Crippen molar-refractivity contribution in [2.45, 2.75) is 38.6 Å². The third-order valence-corrected chi connectivity index (χ3v) is 6.69. The van der Waals surface area contributed by atoms with Crippen LogP contribution in [0, 0.1) is 6.92 Å². The summed E-state index contributed by atoms with van der Waals surface area (Å²) in [5, 5.41) is 12.9. The summed E-state index contributed by atoms with van der Waals surface area (Å²) in [6.07, 6.45) is -14.9. The number of methoxy groups -OCH3 is 1. The number of nitrogens with zero attached hydrogens (tertiary/aromatic N) is 8. The summed E-state index contributed by atoms with van der Waals surface area (Å²) in [4.78, 5) is 7.99. The molecule has 0 bridgehead atoms. The van der Waals surface area contributed by atoms with Gasteiger partial charge in [0.1, 0.15) is 11.5 Å². The van der Waals surface area contributed by atoms with Gasteiger partial charge in [0.25, 0.3) is 0 Å². The minimum atomic E-state index is -4.88. The summed E-state index contributed by atoms with van der Waals surface area (Å²) in [6.45, 7) is 1.37. The fraction of sp³-hybridized carbons (Fsp3) is 0.241. The Morgan fingerprint density at radius 1 is 0.596 bits per heavy atom. The molecular weight excluding hydrogens is 736 g/mol. The lowest BCUT2D eigenvalue weighted by Crippen LogP contribution is -2.17. The van der Waals surface area contributed by atoms with E-state index >= 15 is 0 Å². The first-order chi connectivity index (χ1) is 24.1. The van der Waals surface area contributed by atoms with Crippen LogP contribution in [0.1, 0.15) is 22.8 Å². The zero-order chi connectivity index (χ0) is 38.2. The zero-order valence-corrected chi connectivity index (χ0v) is 25.8. The Kier molecular flexibility index (Phi) is 9.93. The molecule has 6 rings (SSSR count). The second kappa shape index (κ2) is 13.8. The molecular formula is C29H18F12N8O3.